The molecule has 0 bridgehead atoms. The molecule has 3 heteroatoms. The van der Waals surface area contributed by atoms with E-state index in [9.17, 15) is 10.2 Å². The van der Waals surface area contributed by atoms with Gasteiger partial charge in [0, 0.05) is 11.3 Å². The highest BCUT2D eigenvalue weighted by molar-refractivity contribution is 5.50. The number of nitrogens with two attached hydrogens (primary N) is 1. The van der Waals surface area contributed by atoms with Gasteiger partial charge in [0.1, 0.15) is 11.4 Å². The lowest BCUT2D eigenvalue weighted by molar-refractivity contribution is 0.0406. The summed E-state index contributed by atoms with van der Waals surface area (Å²) in [4.78, 5) is 0. The average Bonchev–Trinajstić information content (AvgIpc) is 2.22. The fraction of sp³-hybridized carbons (Fsp3) is 0.231. The van der Waals surface area contributed by atoms with Crippen LogP contribution in [0.4, 0.5) is 5.69 Å². The molecule has 16 heavy (non-hydrogen) atoms. The van der Waals surface area contributed by atoms with Gasteiger partial charge in [-0.05, 0) is 31.0 Å². The number of aromatic hydroxyl groups is 1. The quantitative estimate of drug-likeness (QED) is 0.404. The molecule has 4 N–H and O–H groups in total. The number of anilines is 1. The topological polar surface area (TPSA) is 66.5 Å². The van der Waals surface area contributed by atoms with E-state index in [0.717, 1.165) is 0 Å². The molecule has 3 nitrogen and oxygen atoms in total. The van der Waals surface area contributed by atoms with Gasteiger partial charge in [-0.1, -0.05) is 12.2 Å². The minimum atomic E-state index is -1.19. The summed E-state index contributed by atoms with van der Waals surface area (Å²) in [6.07, 6.45) is 3.87. The zero-order valence-electron chi connectivity index (χ0n) is 9.19. The van der Waals surface area contributed by atoms with Crippen molar-refractivity contribution in [2.45, 2.75) is 18.4 Å². The number of phenols is 1. The van der Waals surface area contributed by atoms with Crippen LogP contribution in [0.3, 0.4) is 0 Å². The van der Waals surface area contributed by atoms with E-state index in [0.29, 0.717) is 24.1 Å². The van der Waals surface area contributed by atoms with Crippen molar-refractivity contribution in [2.75, 3.05) is 5.73 Å². The second kappa shape index (κ2) is 4.86. The van der Waals surface area contributed by atoms with Crippen molar-refractivity contribution in [3.8, 4) is 5.75 Å². The Bertz CT molecular complexity index is 389. The van der Waals surface area contributed by atoms with Gasteiger partial charge in [0.15, 0.2) is 0 Å². The number of phenolic OH excluding ortho intramolecular Hbond substituents is 1. The highest BCUT2D eigenvalue weighted by Crippen LogP contribution is 2.36. The van der Waals surface area contributed by atoms with E-state index in [1.807, 2.05) is 0 Å². The van der Waals surface area contributed by atoms with Gasteiger partial charge in [0.05, 0.1) is 0 Å². The van der Waals surface area contributed by atoms with Crippen LogP contribution >= 0.6 is 0 Å². The highest BCUT2D eigenvalue weighted by atomic mass is 16.3. The third-order valence-electron chi connectivity index (χ3n) is 2.49. The molecular weight excluding hydrogens is 202 g/mol. The number of nitrogen functional groups attached to an aromatic ring is 1. The molecule has 1 aromatic rings. The van der Waals surface area contributed by atoms with Gasteiger partial charge in [-0.15, -0.1) is 13.2 Å². The van der Waals surface area contributed by atoms with Crippen LogP contribution in [0.2, 0.25) is 0 Å². The molecule has 0 aliphatic carbocycles. The van der Waals surface area contributed by atoms with Crippen molar-refractivity contribution in [1.29, 1.82) is 0 Å². The smallest absolute Gasteiger partial charge is 0.121 e. The number of aliphatic hydroxyl groups is 1. The van der Waals surface area contributed by atoms with Crippen LogP contribution < -0.4 is 5.73 Å². The first kappa shape index (κ1) is 12.3. The maximum Gasteiger partial charge on any atom is 0.121 e. The molecule has 0 aromatic heterocycles. The molecule has 0 aliphatic heterocycles. The summed E-state index contributed by atoms with van der Waals surface area (Å²) in [7, 11) is 0. The predicted molar refractivity (Wildman–Crippen MR) is 66.0 cm³/mol. The third-order valence-corrected chi connectivity index (χ3v) is 2.49. The van der Waals surface area contributed by atoms with E-state index >= 15 is 0 Å². The van der Waals surface area contributed by atoms with E-state index in [1.165, 1.54) is 6.07 Å². The molecule has 0 unspecified atom stereocenters. The molecule has 1 rings (SSSR count). The van der Waals surface area contributed by atoms with Crippen LogP contribution in [-0.4, -0.2) is 10.2 Å². The Morgan fingerprint density at radius 2 is 1.81 bits per heavy atom. The van der Waals surface area contributed by atoms with E-state index in [-0.39, 0.29) is 5.75 Å². The van der Waals surface area contributed by atoms with Gasteiger partial charge in [-0.25, -0.2) is 0 Å². The largest absolute Gasteiger partial charge is 0.508 e. The van der Waals surface area contributed by atoms with Gasteiger partial charge in [0.25, 0.3) is 0 Å². The van der Waals surface area contributed by atoms with Crippen LogP contribution in [0.25, 0.3) is 0 Å². The second-order valence-electron chi connectivity index (χ2n) is 3.79. The molecule has 0 fully saturated rings. The molecule has 86 valence electrons. The van der Waals surface area contributed by atoms with Crippen molar-refractivity contribution in [1.82, 2.24) is 0 Å². The average molecular weight is 219 g/mol. The van der Waals surface area contributed by atoms with Crippen LogP contribution in [-0.2, 0) is 5.60 Å². The first-order chi connectivity index (χ1) is 7.53. The maximum atomic E-state index is 10.4. The molecule has 0 atom stereocenters. The van der Waals surface area contributed by atoms with Crippen molar-refractivity contribution in [3.63, 3.8) is 0 Å². The van der Waals surface area contributed by atoms with Crippen molar-refractivity contribution in [3.05, 3.63) is 49.1 Å². The first-order valence-electron chi connectivity index (χ1n) is 5.06. The monoisotopic (exact) mass is 219 g/mol. The van der Waals surface area contributed by atoms with Gasteiger partial charge in [0.2, 0.25) is 0 Å². The normalized spacial score (nSPS) is 11.1. The zero-order chi connectivity index (χ0) is 12.2. The molecule has 0 heterocycles. The second-order valence-corrected chi connectivity index (χ2v) is 3.79. The summed E-state index contributed by atoms with van der Waals surface area (Å²) in [5.41, 5.74) is 5.36. The fourth-order valence-electron chi connectivity index (χ4n) is 1.71. The molecule has 1 aromatic carbocycles. The molecule has 0 saturated heterocycles. The Morgan fingerprint density at radius 1 is 1.25 bits per heavy atom. The van der Waals surface area contributed by atoms with Gasteiger partial charge >= 0.3 is 0 Å². The lowest BCUT2D eigenvalue weighted by Crippen LogP contribution is -2.24. The lowest BCUT2D eigenvalue weighted by atomic mass is 9.86. The van der Waals surface area contributed by atoms with Crippen molar-refractivity contribution in [2.24, 2.45) is 0 Å². The highest BCUT2D eigenvalue weighted by Gasteiger charge is 2.29. The summed E-state index contributed by atoms with van der Waals surface area (Å²) in [5, 5.41) is 20.2. The maximum absolute atomic E-state index is 10.4. The van der Waals surface area contributed by atoms with Crippen LogP contribution in [0, 0.1) is 0 Å². The summed E-state index contributed by atoms with van der Waals surface area (Å²) < 4.78 is 0. The van der Waals surface area contributed by atoms with Crippen molar-refractivity contribution >= 4 is 5.69 Å². The number of rotatable bonds is 5. The van der Waals surface area contributed by atoms with E-state index in [1.54, 1.807) is 24.3 Å². The van der Waals surface area contributed by atoms with Crippen LogP contribution in [0.5, 0.6) is 5.75 Å². The predicted octanol–water partition coefficient (Wildman–Crippen LogP) is 2.31. The van der Waals surface area contributed by atoms with Crippen molar-refractivity contribution < 1.29 is 10.2 Å². The molecule has 0 aliphatic rings. The van der Waals surface area contributed by atoms with Gasteiger partial charge < -0.3 is 15.9 Å². The number of benzene rings is 1. The minimum absolute atomic E-state index is 0.0281. The van der Waals surface area contributed by atoms with Gasteiger partial charge in [-0.3, -0.25) is 0 Å². The SMILES string of the molecule is C=CCC(O)(CC=C)c1cc(N)ccc1O. The summed E-state index contributed by atoms with van der Waals surface area (Å²) in [6.45, 7) is 7.20. The molecule has 0 amide bonds. The number of hydrogen-bond acceptors (Lipinski definition) is 3. The summed E-state index contributed by atoms with van der Waals surface area (Å²) in [5.74, 6) is 0.0281. The van der Waals surface area contributed by atoms with Gasteiger partial charge in [-0.2, -0.15) is 0 Å². The molecule has 0 saturated carbocycles. The first-order valence-corrected chi connectivity index (χ1v) is 5.06. The Kier molecular flexibility index (Phi) is 3.74. The van der Waals surface area contributed by atoms with Crippen LogP contribution in [0.1, 0.15) is 18.4 Å². The molecule has 0 radical (unpaired) electrons. The Morgan fingerprint density at radius 3 is 2.31 bits per heavy atom. The number of hydrogen-bond donors (Lipinski definition) is 3. The fourth-order valence-corrected chi connectivity index (χ4v) is 1.71. The van der Waals surface area contributed by atoms with E-state index in [2.05, 4.69) is 13.2 Å². The minimum Gasteiger partial charge on any atom is -0.508 e. The standard InChI is InChI=1S/C13H17NO2/c1-3-7-13(16,8-4-2)11-9-10(14)5-6-12(11)15/h3-6,9,15-16H,1-2,7-8,14H2. The molecular formula is C13H17NO2. The summed E-state index contributed by atoms with van der Waals surface area (Å²) >= 11 is 0. The third kappa shape index (κ3) is 2.44. The summed E-state index contributed by atoms with van der Waals surface area (Å²) in [6, 6.07) is 4.63. The van der Waals surface area contributed by atoms with E-state index < -0.39 is 5.60 Å². The van der Waals surface area contributed by atoms with Crippen LogP contribution in [0.15, 0.2) is 43.5 Å². The molecule has 0 spiro atoms. The zero-order valence-corrected chi connectivity index (χ0v) is 9.19. The Balaban J connectivity index is 3.23. The van der Waals surface area contributed by atoms with E-state index in [4.69, 9.17) is 5.73 Å². The lowest BCUT2D eigenvalue weighted by Gasteiger charge is -2.27. The Hall–Kier alpha value is -1.74. The Labute approximate surface area is 95.5 Å².